The smallest absolute Gasteiger partial charge is 0.577 e. The van der Waals surface area contributed by atoms with Crippen molar-refractivity contribution in [3.63, 3.8) is 0 Å². The van der Waals surface area contributed by atoms with E-state index in [0.717, 1.165) is 0 Å². The van der Waals surface area contributed by atoms with Crippen LogP contribution in [0.3, 0.4) is 0 Å². The van der Waals surface area contributed by atoms with Gasteiger partial charge in [-0.25, -0.2) is 0 Å². The molecule has 0 saturated heterocycles. The van der Waals surface area contributed by atoms with E-state index in [-0.39, 0.29) is 81.9 Å². The van der Waals surface area contributed by atoms with Gasteiger partial charge >= 0.3 is 51.4 Å². The number of rotatable bonds is 0. The second-order valence-corrected chi connectivity index (χ2v) is 0. The summed E-state index contributed by atoms with van der Waals surface area (Å²) < 4.78 is 0. The Labute approximate surface area is 94.4 Å². The summed E-state index contributed by atoms with van der Waals surface area (Å²) in [5.74, 6) is 0. The SMILES string of the molecule is CC.S.[2HH].[HH].[HH].[HH].[HH].[K+].[PH2-]. The maximum atomic E-state index is 2.00. The Morgan fingerprint density at radius 1 is 1.40 bits per heavy atom. The Balaban J connectivity index is -0.000000000179. The Kier molecular flexibility index (Phi) is 169. The van der Waals surface area contributed by atoms with Gasteiger partial charge in [-0.15, -0.1) is 0 Å². The van der Waals surface area contributed by atoms with Crippen molar-refractivity contribution in [2.75, 3.05) is 0 Å². The first-order chi connectivity index (χ1) is 1.00. The molecule has 0 amide bonds. The third-order valence-corrected chi connectivity index (χ3v) is 0. The molecule has 3 heteroatoms. The van der Waals surface area contributed by atoms with Gasteiger partial charge in [0.15, 0.2) is 0 Å². The summed E-state index contributed by atoms with van der Waals surface area (Å²) in [5, 5.41) is 0. The summed E-state index contributed by atoms with van der Waals surface area (Å²) in [6, 6.07) is 0. The zero-order valence-electron chi connectivity index (χ0n) is 4.08. The van der Waals surface area contributed by atoms with E-state index in [1.165, 1.54) is 0 Å². The van der Waals surface area contributed by atoms with Gasteiger partial charge in [0, 0.05) is 7.13 Å². The molecule has 0 aromatic carbocycles. The average molecular weight is 147 g/mol. The fourth-order valence-electron chi connectivity index (χ4n) is 0. The molecule has 0 aliphatic rings. The van der Waals surface area contributed by atoms with Gasteiger partial charge in [0.2, 0.25) is 0 Å². The van der Waals surface area contributed by atoms with Gasteiger partial charge in [-0.2, -0.15) is 13.5 Å². The Hall–Kier alpha value is 2.42. The van der Waals surface area contributed by atoms with Crippen molar-refractivity contribution in [2.45, 2.75) is 13.8 Å². The standard InChI is InChI=1S/C2H6.K.H2P.H2S.5H2/c1-2;;;;;;;;/h1-2H3;;2*1H2;5*1H/q;+1;-1;;;;;;/i;;;;1+1;;;;. The van der Waals surface area contributed by atoms with Crippen molar-refractivity contribution < 1.29 is 58.5 Å². The summed E-state index contributed by atoms with van der Waals surface area (Å²) in [5.41, 5.74) is 0. The minimum absolute atomic E-state index is 0. The molecule has 0 atom stereocenters. The van der Waals surface area contributed by atoms with Crippen LogP contribution >= 0.6 is 23.4 Å². The van der Waals surface area contributed by atoms with Crippen molar-refractivity contribution in [3.8, 4) is 0 Å². The summed E-state index contributed by atoms with van der Waals surface area (Å²) in [7, 11) is 0. The first-order valence-corrected chi connectivity index (χ1v) is 1.00. The van der Waals surface area contributed by atoms with E-state index >= 15 is 0 Å². The van der Waals surface area contributed by atoms with Gasteiger partial charge in [0.05, 0.1) is 0 Å². The predicted molar refractivity (Wildman–Crippen MR) is 42.0 cm³/mol. The van der Waals surface area contributed by atoms with Gasteiger partial charge in [0.25, 0.3) is 0 Å². The van der Waals surface area contributed by atoms with Crippen LogP contribution in [-0.2, 0) is 0 Å². The van der Waals surface area contributed by atoms with E-state index in [2.05, 4.69) is 0 Å². The van der Waals surface area contributed by atoms with E-state index in [9.17, 15) is 0 Å². The third-order valence-electron chi connectivity index (χ3n) is 0. The Morgan fingerprint density at radius 3 is 1.40 bits per heavy atom. The van der Waals surface area contributed by atoms with Crippen molar-refractivity contribution >= 4 is 23.4 Å². The average Bonchev–Trinajstić information content (AvgIpc) is 1.00. The number of hydrogen-bond donors (Lipinski definition) is 0. The van der Waals surface area contributed by atoms with Gasteiger partial charge in [-0.3, -0.25) is 0 Å². The van der Waals surface area contributed by atoms with Crippen LogP contribution in [0.25, 0.3) is 0 Å². The van der Waals surface area contributed by atoms with Crippen molar-refractivity contribution in [2.24, 2.45) is 0 Å². The zero-order valence-corrected chi connectivity index (χ0v) is 9.36. The quantitative estimate of drug-likeness (QED) is 0.326. The fourth-order valence-corrected chi connectivity index (χ4v) is 0. The molecule has 0 unspecified atom stereocenters. The molecule has 0 aromatic rings. The first-order valence-electron chi connectivity index (χ1n) is 1.00. The summed E-state index contributed by atoms with van der Waals surface area (Å²) in [6.07, 6.45) is 0. The van der Waals surface area contributed by atoms with Gasteiger partial charge in [0.1, 0.15) is 0 Å². The molecule has 0 aliphatic carbocycles. The molecule has 0 N–H and O–H groups in total. The fraction of sp³-hybridized carbons (Fsp3) is 1.00. The largest absolute Gasteiger partial charge is 1.00 e. The maximum Gasteiger partial charge on any atom is 1.00 e. The van der Waals surface area contributed by atoms with Crippen LogP contribution in [0.5, 0.6) is 0 Å². The van der Waals surface area contributed by atoms with Crippen LogP contribution in [0.15, 0.2) is 0 Å². The number of hydrogen-bond acceptors (Lipinski definition) is 0. The molecule has 0 radical (unpaired) electrons. The second-order valence-electron chi connectivity index (χ2n) is 0. The normalized spacial score (nSPS) is 1.20. The molecule has 5 heavy (non-hydrogen) atoms. The van der Waals surface area contributed by atoms with Gasteiger partial charge in [-0.05, 0) is 0 Å². The molecule has 0 bridgehead atoms. The molecular weight excluding hydrogens is 126 g/mol. The molecule has 0 nitrogen and oxygen atoms in total. The summed E-state index contributed by atoms with van der Waals surface area (Å²) in [4.78, 5) is 0. The van der Waals surface area contributed by atoms with Crippen LogP contribution in [0.1, 0.15) is 21.0 Å². The third kappa shape index (κ3) is 21.4. The van der Waals surface area contributed by atoms with E-state index in [0.29, 0.717) is 0 Å². The topological polar surface area (TPSA) is 0 Å². The van der Waals surface area contributed by atoms with Crippen molar-refractivity contribution in [1.82, 2.24) is 0 Å². The zero-order chi connectivity index (χ0) is 2.00. The first kappa shape index (κ1) is 26.2. The van der Waals surface area contributed by atoms with Crippen LogP contribution in [0, 0.1) is 0 Å². The molecular formula is C2H20KPS. The molecule has 40 valence electrons. The van der Waals surface area contributed by atoms with E-state index in [1.807, 2.05) is 13.8 Å². The van der Waals surface area contributed by atoms with E-state index in [1.54, 1.807) is 0 Å². The van der Waals surface area contributed by atoms with Crippen LogP contribution < -0.4 is 51.4 Å². The minimum Gasteiger partial charge on any atom is -0.577 e. The minimum atomic E-state index is 0. The van der Waals surface area contributed by atoms with E-state index < -0.39 is 0 Å². The molecule has 0 heterocycles. The van der Waals surface area contributed by atoms with Crippen LogP contribution in [-0.4, -0.2) is 0 Å². The monoisotopic (exact) mass is 147 g/mol. The Bertz CT molecular complexity index is 19.6. The molecule has 0 spiro atoms. The molecule has 0 aromatic heterocycles. The van der Waals surface area contributed by atoms with Crippen molar-refractivity contribution in [1.29, 1.82) is 0 Å². The van der Waals surface area contributed by atoms with Crippen LogP contribution in [0.2, 0.25) is 0 Å². The Morgan fingerprint density at radius 2 is 1.40 bits per heavy atom. The molecule has 0 saturated carbocycles. The summed E-state index contributed by atoms with van der Waals surface area (Å²) in [6.45, 7) is 4.00. The van der Waals surface area contributed by atoms with Crippen molar-refractivity contribution in [3.05, 3.63) is 0 Å². The van der Waals surface area contributed by atoms with Crippen LogP contribution in [0.4, 0.5) is 0 Å². The van der Waals surface area contributed by atoms with Gasteiger partial charge in [-0.1, -0.05) is 13.8 Å². The second kappa shape index (κ2) is 32.2. The van der Waals surface area contributed by atoms with E-state index in [4.69, 9.17) is 0 Å². The summed E-state index contributed by atoms with van der Waals surface area (Å²) >= 11 is 0. The molecule has 0 aliphatic heterocycles. The predicted octanol–water partition coefficient (Wildman–Crippen LogP) is -0.301. The van der Waals surface area contributed by atoms with Gasteiger partial charge < -0.3 is 9.90 Å². The molecule has 0 rings (SSSR count). The maximum absolute atomic E-state index is 2.00. The molecule has 0 fully saturated rings.